The predicted octanol–water partition coefficient (Wildman–Crippen LogP) is 4.00. The van der Waals surface area contributed by atoms with E-state index in [1.54, 1.807) is 0 Å². The lowest BCUT2D eigenvalue weighted by molar-refractivity contribution is 0.835. The lowest BCUT2D eigenvalue weighted by Crippen LogP contribution is -2.01. The largest absolute Gasteiger partial charge is 0.375 e. The summed E-state index contributed by atoms with van der Waals surface area (Å²) >= 11 is 1.47. The molecule has 2 aromatic rings. The zero-order valence-electron chi connectivity index (χ0n) is 11.1. The summed E-state index contributed by atoms with van der Waals surface area (Å²) in [7, 11) is 0. The molecule has 0 unspecified atom stereocenters. The molecule has 0 aliphatic heterocycles. The van der Waals surface area contributed by atoms with Crippen LogP contribution in [0.1, 0.15) is 56.2 Å². The summed E-state index contributed by atoms with van der Waals surface area (Å²) < 4.78 is 1.06. The predicted molar refractivity (Wildman–Crippen MR) is 76.9 cm³/mol. The summed E-state index contributed by atoms with van der Waals surface area (Å²) in [6.07, 6.45) is 0. The minimum Gasteiger partial charge on any atom is -0.375 e. The molecular formula is C14H17N3S. The van der Waals surface area contributed by atoms with Gasteiger partial charge in [-0.3, -0.25) is 0 Å². The highest BCUT2D eigenvalue weighted by molar-refractivity contribution is 7.22. The molecule has 0 amide bonds. The van der Waals surface area contributed by atoms with E-state index in [1.165, 1.54) is 11.3 Å². The van der Waals surface area contributed by atoms with Crippen molar-refractivity contribution in [1.82, 2.24) is 4.98 Å². The van der Waals surface area contributed by atoms with E-state index in [4.69, 9.17) is 5.73 Å². The van der Waals surface area contributed by atoms with Gasteiger partial charge < -0.3 is 5.73 Å². The normalized spacial score (nSPS) is 11.4. The van der Waals surface area contributed by atoms with Crippen LogP contribution in [-0.2, 0) is 0 Å². The van der Waals surface area contributed by atoms with E-state index >= 15 is 0 Å². The molecule has 0 spiro atoms. The third kappa shape index (κ3) is 1.95. The Bertz CT molecular complexity index is 633. The van der Waals surface area contributed by atoms with Crippen molar-refractivity contribution >= 4 is 26.7 Å². The van der Waals surface area contributed by atoms with E-state index < -0.39 is 0 Å². The molecule has 2 N–H and O–H groups in total. The summed E-state index contributed by atoms with van der Waals surface area (Å²) in [5.41, 5.74) is 9.68. The van der Waals surface area contributed by atoms with Gasteiger partial charge in [0.2, 0.25) is 0 Å². The molecular weight excluding hydrogens is 242 g/mol. The van der Waals surface area contributed by atoms with Crippen molar-refractivity contribution in [3.05, 3.63) is 22.8 Å². The molecule has 0 atom stereocenters. The van der Waals surface area contributed by atoms with Gasteiger partial charge in [0.1, 0.15) is 0 Å². The Morgan fingerprint density at radius 2 is 1.94 bits per heavy atom. The third-order valence-corrected chi connectivity index (χ3v) is 4.01. The maximum Gasteiger partial charge on any atom is 0.181 e. The van der Waals surface area contributed by atoms with Crippen LogP contribution in [0.5, 0.6) is 0 Å². The maximum absolute atomic E-state index is 9.47. The zero-order valence-corrected chi connectivity index (χ0v) is 11.9. The minimum absolute atomic E-state index is 0.292. The highest BCUT2D eigenvalue weighted by Crippen LogP contribution is 2.37. The fourth-order valence-corrected chi connectivity index (χ4v) is 3.27. The Morgan fingerprint density at radius 3 is 2.44 bits per heavy atom. The second kappa shape index (κ2) is 4.58. The summed E-state index contributed by atoms with van der Waals surface area (Å²) in [6.45, 7) is 8.41. The van der Waals surface area contributed by atoms with E-state index in [0.717, 1.165) is 26.9 Å². The number of nitriles is 1. The van der Waals surface area contributed by atoms with Gasteiger partial charge in [-0.15, -0.1) is 0 Å². The number of nitrogens with zero attached hydrogens (tertiary/aromatic N) is 2. The molecule has 1 heterocycles. The molecule has 4 heteroatoms. The number of hydrogen-bond donors (Lipinski definition) is 1. The molecule has 0 saturated heterocycles. The van der Waals surface area contributed by atoms with Crippen molar-refractivity contribution < 1.29 is 0 Å². The fraction of sp³-hybridized carbons (Fsp3) is 0.429. The maximum atomic E-state index is 9.47. The molecule has 0 aliphatic rings. The standard InChI is InChI=1S/C14H17N3S/c1-7(2)9-5-11-13(18-14(16)17-11)12(8(3)4)10(9)6-15/h5,7-8H,1-4H3,(H2,16,17). The average molecular weight is 259 g/mol. The molecule has 0 radical (unpaired) electrons. The SMILES string of the molecule is CC(C)c1cc2nc(N)sc2c(C(C)C)c1C#N. The van der Waals surface area contributed by atoms with E-state index in [1.807, 2.05) is 6.07 Å². The highest BCUT2D eigenvalue weighted by Gasteiger charge is 2.20. The molecule has 3 nitrogen and oxygen atoms in total. The van der Waals surface area contributed by atoms with Crippen molar-refractivity contribution in [3.8, 4) is 6.07 Å². The monoisotopic (exact) mass is 259 g/mol. The lowest BCUT2D eigenvalue weighted by atomic mass is 9.89. The summed E-state index contributed by atoms with van der Waals surface area (Å²) in [4.78, 5) is 4.36. The quantitative estimate of drug-likeness (QED) is 0.886. The van der Waals surface area contributed by atoms with Gasteiger partial charge in [-0.2, -0.15) is 5.26 Å². The number of benzene rings is 1. The van der Waals surface area contributed by atoms with Crippen LogP contribution in [0.2, 0.25) is 0 Å². The molecule has 0 fully saturated rings. The number of nitrogen functional groups attached to an aromatic ring is 1. The van der Waals surface area contributed by atoms with E-state index in [-0.39, 0.29) is 0 Å². The number of anilines is 1. The van der Waals surface area contributed by atoms with Crippen molar-refractivity contribution in [2.24, 2.45) is 0 Å². The first-order chi connectivity index (χ1) is 8.45. The van der Waals surface area contributed by atoms with Gasteiger partial charge in [0.25, 0.3) is 0 Å². The Morgan fingerprint density at radius 1 is 1.28 bits per heavy atom. The molecule has 94 valence electrons. The first-order valence-electron chi connectivity index (χ1n) is 6.08. The molecule has 2 rings (SSSR count). The molecule has 0 bridgehead atoms. The Balaban J connectivity index is 2.92. The van der Waals surface area contributed by atoms with Crippen molar-refractivity contribution in [2.75, 3.05) is 5.73 Å². The van der Waals surface area contributed by atoms with E-state index in [2.05, 4.69) is 38.7 Å². The molecule has 0 aliphatic carbocycles. The van der Waals surface area contributed by atoms with Crippen LogP contribution >= 0.6 is 11.3 Å². The molecule has 18 heavy (non-hydrogen) atoms. The third-order valence-electron chi connectivity index (χ3n) is 3.08. The van der Waals surface area contributed by atoms with Gasteiger partial charge in [0, 0.05) is 0 Å². The smallest absolute Gasteiger partial charge is 0.181 e. The first kappa shape index (κ1) is 12.8. The Kier molecular flexibility index (Phi) is 3.27. The summed E-state index contributed by atoms with van der Waals surface area (Å²) in [6, 6.07) is 4.38. The van der Waals surface area contributed by atoms with Gasteiger partial charge in [0.15, 0.2) is 5.13 Å². The molecule has 1 aromatic carbocycles. The van der Waals surface area contributed by atoms with Crippen LogP contribution in [0.15, 0.2) is 6.07 Å². The van der Waals surface area contributed by atoms with Crippen LogP contribution < -0.4 is 5.73 Å². The van der Waals surface area contributed by atoms with Gasteiger partial charge in [-0.25, -0.2) is 4.98 Å². The van der Waals surface area contributed by atoms with Gasteiger partial charge in [-0.1, -0.05) is 39.0 Å². The number of aromatic nitrogens is 1. The van der Waals surface area contributed by atoms with Crippen LogP contribution in [0.3, 0.4) is 0 Å². The topological polar surface area (TPSA) is 62.7 Å². The van der Waals surface area contributed by atoms with Crippen LogP contribution in [-0.4, -0.2) is 4.98 Å². The van der Waals surface area contributed by atoms with E-state index in [0.29, 0.717) is 17.0 Å². The number of fused-ring (bicyclic) bond motifs is 1. The highest BCUT2D eigenvalue weighted by atomic mass is 32.1. The van der Waals surface area contributed by atoms with Gasteiger partial charge in [0.05, 0.1) is 21.8 Å². The van der Waals surface area contributed by atoms with Crippen molar-refractivity contribution in [3.63, 3.8) is 0 Å². The van der Waals surface area contributed by atoms with Crippen LogP contribution in [0.4, 0.5) is 5.13 Å². The van der Waals surface area contributed by atoms with Crippen molar-refractivity contribution in [1.29, 1.82) is 5.26 Å². The number of rotatable bonds is 2. The van der Waals surface area contributed by atoms with Crippen LogP contribution in [0.25, 0.3) is 10.2 Å². The lowest BCUT2D eigenvalue weighted by Gasteiger charge is -2.15. The number of thiazole rings is 1. The average Bonchev–Trinajstić information content (AvgIpc) is 2.65. The molecule has 1 aromatic heterocycles. The minimum atomic E-state index is 0.292. The fourth-order valence-electron chi connectivity index (χ4n) is 2.26. The number of hydrogen-bond acceptors (Lipinski definition) is 4. The second-order valence-electron chi connectivity index (χ2n) is 5.08. The Labute approximate surface area is 111 Å². The second-order valence-corrected chi connectivity index (χ2v) is 6.11. The molecule has 0 saturated carbocycles. The Hall–Kier alpha value is -1.60. The van der Waals surface area contributed by atoms with Gasteiger partial charge >= 0.3 is 0 Å². The number of nitrogens with two attached hydrogens (primary N) is 1. The van der Waals surface area contributed by atoms with Crippen LogP contribution in [0, 0.1) is 11.3 Å². The van der Waals surface area contributed by atoms with Crippen molar-refractivity contribution in [2.45, 2.75) is 39.5 Å². The zero-order chi connectivity index (χ0) is 13.4. The van der Waals surface area contributed by atoms with Gasteiger partial charge in [-0.05, 0) is 29.0 Å². The summed E-state index contributed by atoms with van der Waals surface area (Å²) in [5.74, 6) is 0.602. The summed E-state index contributed by atoms with van der Waals surface area (Å²) in [5, 5.41) is 10.0. The first-order valence-corrected chi connectivity index (χ1v) is 6.90. The van der Waals surface area contributed by atoms with E-state index in [9.17, 15) is 5.26 Å².